The summed E-state index contributed by atoms with van der Waals surface area (Å²) in [5.41, 5.74) is 1.00. The van der Waals surface area contributed by atoms with Gasteiger partial charge in [-0.15, -0.1) is 0 Å². The van der Waals surface area contributed by atoms with Gasteiger partial charge in [-0.2, -0.15) is 0 Å². The van der Waals surface area contributed by atoms with Crippen molar-refractivity contribution in [3.63, 3.8) is 0 Å². The molecule has 0 bridgehead atoms. The van der Waals surface area contributed by atoms with E-state index in [1.165, 1.54) is 0 Å². The molecule has 2 amide bonds. The molecule has 1 aliphatic rings. The first kappa shape index (κ1) is 15.1. The van der Waals surface area contributed by atoms with Gasteiger partial charge in [-0.25, -0.2) is 4.79 Å². The number of carbonyl (C=O) groups is 1. The van der Waals surface area contributed by atoms with Crippen molar-refractivity contribution < 1.29 is 9.53 Å². The van der Waals surface area contributed by atoms with Crippen LogP contribution < -0.4 is 5.32 Å². The van der Waals surface area contributed by atoms with Crippen LogP contribution >= 0.6 is 11.6 Å². The van der Waals surface area contributed by atoms with Crippen LogP contribution in [-0.2, 0) is 4.74 Å². The lowest BCUT2D eigenvalue weighted by Gasteiger charge is -2.35. The second kappa shape index (κ2) is 6.46. The Labute approximate surface area is 125 Å². The van der Waals surface area contributed by atoms with Gasteiger partial charge >= 0.3 is 6.03 Å². The molecular formula is C15H21ClN2O2. The molecule has 0 radical (unpaired) electrons. The maximum Gasteiger partial charge on any atom is 0.318 e. The normalized spacial score (nSPS) is 24.3. The molecule has 1 aromatic rings. The lowest BCUT2D eigenvalue weighted by molar-refractivity contribution is -0.0547. The van der Waals surface area contributed by atoms with Gasteiger partial charge in [-0.3, -0.25) is 0 Å². The van der Waals surface area contributed by atoms with Gasteiger partial charge in [0.2, 0.25) is 0 Å². The number of nitrogens with zero attached hydrogens (tertiary/aromatic N) is 1. The Hall–Kier alpha value is -1.26. The number of benzene rings is 1. The molecule has 3 unspecified atom stereocenters. The molecule has 0 spiro atoms. The number of nitrogens with one attached hydrogen (secondary N) is 1. The monoisotopic (exact) mass is 296 g/mol. The SMILES string of the molecule is CC1CN(C(=O)NC(C)c2cccc(Cl)c2)CC(C)O1. The largest absolute Gasteiger partial charge is 0.372 e. The average Bonchev–Trinajstić information content (AvgIpc) is 2.37. The molecule has 0 aliphatic carbocycles. The predicted molar refractivity (Wildman–Crippen MR) is 80.0 cm³/mol. The minimum atomic E-state index is -0.0744. The van der Waals surface area contributed by atoms with Crippen LogP contribution in [0.25, 0.3) is 0 Å². The fourth-order valence-corrected chi connectivity index (χ4v) is 2.68. The zero-order valence-corrected chi connectivity index (χ0v) is 12.9. The van der Waals surface area contributed by atoms with Gasteiger partial charge in [0.05, 0.1) is 18.2 Å². The van der Waals surface area contributed by atoms with Crippen molar-refractivity contribution in [2.24, 2.45) is 0 Å². The predicted octanol–water partition coefficient (Wildman–Crippen LogP) is 3.22. The third-order valence-electron chi connectivity index (χ3n) is 3.40. The van der Waals surface area contributed by atoms with E-state index in [1.54, 1.807) is 4.90 Å². The molecule has 3 atom stereocenters. The maximum atomic E-state index is 12.3. The lowest BCUT2D eigenvalue weighted by atomic mass is 10.1. The van der Waals surface area contributed by atoms with E-state index < -0.39 is 0 Å². The molecular weight excluding hydrogens is 276 g/mol. The summed E-state index contributed by atoms with van der Waals surface area (Å²) < 4.78 is 5.63. The molecule has 0 saturated carbocycles. The summed E-state index contributed by atoms with van der Waals surface area (Å²) in [7, 11) is 0. The summed E-state index contributed by atoms with van der Waals surface area (Å²) in [6.07, 6.45) is 0.150. The van der Waals surface area contributed by atoms with Crippen LogP contribution in [0, 0.1) is 0 Å². The first-order chi connectivity index (χ1) is 9.45. The Kier molecular flexibility index (Phi) is 4.89. The van der Waals surface area contributed by atoms with E-state index in [4.69, 9.17) is 16.3 Å². The van der Waals surface area contributed by atoms with Crippen molar-refractivity contribution >= 4 is 17.6 Å². The first-order valence-corrected chi connectivity index (χ1v) is 7.30. The highest BCUT2D eigenvalue weighted by atomic mass is 35.5. The topological polar surface area (TPSA) is 41.6 Å². The zero-order chi connectivity index (χ0) is 14.7. The molecule has 1 aliphatic heterocycles. The fourth-order valence-electron chi connectivity index (χ4n) is 2.48. The third-order valence-corrected chi connectivity index (χ3v) is 3.63. The fraction of sp³-hybridized carbons (Fsp3) is 0.533. The van der Waals surface area contributed by atoms with Gasteiger partial charge < -0.3 is 15.0 Å². The summed E-state index contributed by atoms with van der Waals surface area (Å²) in [6.45, 7) is 7.17. The first-order valence-electron chi connectivity index (χ1n) is 6.92. The summed E-state index contributed by atoms with van der Waals surface area (Å²) >= 11 is 5.97. The number of hydrogen-bond donors (Lipinski definition) is 1. The molecule has 110 valence electrons. The van der Waals surface area contributed by atoms with Gasteiger partial charge in [0.1, 0.15) is 0 Å². The number of hydrogen-bond acceptors (Lipinski definition) is 2. The van der Waals surface area contributed by atoms with Gasteiger partial charge in [-0.05, 0) is 38.5 Å². The van der Waals surface area contributed by atoms with Crippen molar-refractivity contribution in [3.8, 4) is 0 Å². The Morgan fingerprint density at radius 1 is 1.40 bits per heavy atom. The molecule has 20 heavy (non-hydrogen) atoms. The molecule has 1 saturated heterocycles. The van der Waals surface area contributed by atoms with Crippen molar-refractivity contribution in [2.75, 3.05) is 13.1 Å². The van der Waals surface area contributed by atoms with E-state index in [0.29, 0.717) is 18.1 Å². The van der Waals surface area contributed by atoms with E-state index in [-0.39, 0.29) is 24.3 Å². The van der Waals surface area contributed by atoms with Gasteiger partial charge in [0.25, 0.3) is 0 Å². The Morgan fingerprint density at radius 2 is 2.05 bits per heavy atom. The Morgan fingerprint density at radius 3 is 2.65 bits per heavy atom. The van der Waals surface area contributed by atoms with Crippen LogP contribution in [0.3, 0.4) is 0 Å². The van der Waals surface area contributed by atoms with Crippen molar-refractivity contribution in [3.05, 3.63) is 34.9 Å². The summed E-state index contributed by atoms with van der Waals surface area (Å²) in [5, 5.41) is 3.68. The molecule has 4 nitrogen and oxygen atoms in total. The summed E-state index contributed by atoms with van der Waals surface area (Å²) in [4.78, 5) is 14.1. The highest BCUT2D eigenvalue weighted by Gasteiger charge is 2.26. The van der Waals surface area contributed by atoms with Crippen LogP contribution in [-0.4, -0.2) is 36.2 Å². The van der Waals surface area contributed by atoms with Crippen molar-refractivity contribution in [1.82, 2.24) is 10.2 Å². The number of rotatable bonds is 2. The molecule has 2 rings (SSSR count). The molecule has 1 aromatic carbocycles. The van der Waals surface area contributed by atoms with Crippen molar-refractivity contribution in [1.29, 1.82) is 0 Å². The molecule has 1 N–H and O–H groups in total. The second-order valence-corrected chi connectivity index (χ2v) is 5.82. The Balaban J connectivity index is 1.97. The minimum absolute atomic E-state index is 0.0560. The smallest absolute Gasteiger partial charge is 0.318 e. The molecule has 1 heterocycles. The van der Waals surface area contributed by atoms with Crippen LogP contribution in [0.2, 0.25) is 5.02 Å². The van der Waals surface area contributed by atoms with Crippen molar-refractivity contribution in [2.45, 2.75) is 39.0 Å². The molecule has 0 aromatic heterocycles. The summed E-state index contributed by atoms with van der Waals surface area (Å²) in [6, 6.07) is 7.41. The minimum Gasteiger partial charge on any atom is -0.372 e. The quantitative estimate of drug-likeness (QED) is 0.910. The maximum absolute atomic E-state index is 12.3. The highest BCUT2D eigenvalue weighted by molar-refractivity contribution is 6.30. The van der Waals surface area contributed by atoms with E-state index >= 15 is 0 Å². The number of ether oxygens (including phenoxy) is 1. The lowest BCUT2D eigenvalue weighted by Crippen LogP contribution is -2.52. The van der Waals surface area contributed by atoms with E-state index in [9.17, 15) is 4.79 Å². The number of halogens is 1. The molecule has 1 fully saturated rings. The highest BCUT2D eigenvalue weighted by Crippen LogP contribution is 2.18. The van der Waals surface area contributed by atoms with Gasteiger partial charge in [0.15, 0.2) is 0 Å². The number of morpholine rings is 1. The van der Waals surface area contributed by atoms with Gasteiger partial charge in [-0.1, -0.05) is 23.7 Å². The average molecular weight is 297 g/mol. The van der Waals surface area contributed by atoms with Crippen LogP contribution in [0.5, 0.6) is 0 Å². The second-order valence-electron chi connectivity index (χ2n) is 5.39. The number of urea groups is 1. The van der Waals surface area contributed by atoms with E-state index in [1.807, 2.05) is 45.0 Å². The standard InChI is InChI=1S/C15H21ClN2O2/c1-10-8-18(9-11(2)20-10)15(19)17-12(3)13-5-4-6-14(16)7-13/h4-7,10-12H,8-9H2,1-3H3,(H,17,19). The Bertz CT molecular complexity index is 471. The van der Waals surface area contributed by atoms with Crippen LogP contribution in [0.1, 0.15) is 32.4 Å². The number of amides is 2. The van der Waals surface area contributed by atoms with Gasteiger partial charge in [0, 0.05) is 18.1 Å². The van der Waals surface area contributed by atoms with E-state index in [0.717, 1.165) is 5.56 Å². The third kappa shape index (κ3) is 3.87. The van der Waals surface area contributed by atoms with Crippen LogP contribution in [0.4, 0.5) is 4.79 Å². The molecule has 5 heteroatoms. The number of carbonyl (C=O) groups excluding carboxylic acids is 1. The zero-order valence-electron chi connectivity index (χ0n) is 12.1. The van der Waals surface area contributed by atoms with E-state index in [2.05, 4.69) is 5.32 Å². The summed E-state index contributed by atoms with van der Waals surface area (Å²) in [5.74, 6) is 0. The van der Waals surface area contributed by atoms with Crippen LogP contribution in [0.15, 0.2) is 24.3 Å².